The highest BCUT2D eigenvalue weighted by Crippen LogP contribution is 2.22. The van der Waals surface area contributed by atoms with Crippen molar-refractivity contribution in [3.63, 3.8) is 0 Å². The molecule has 0 bridgehead atoms. The Hall–Kier alpha value is -1.62. The van der Waals surface area contributed by atoms with Crippen LogP contribution in [0.25, 0.3) is 0 Å². The van der Waals surface area contributed by atoms with Gasteiger partial charge in [-0.05, 0) is 49.4 Å². The third-order valence-corrected chi connectivity index (χ3v) is 3.67. The molecule has 4 nitrogen and oxygen atoms in total. The molecule has 2 aromatic rings. The number of nitrogens with one attached hydrogen (secondary N) is 1. The number of aromatic nitrogens is 1. The molecule has 20 heavy (non-hydrogen) atoms. The van der Waals surface area contributed by atoms with Gasteiger partial charge >= 0.3 is 0 Å². The Labute approximate surface area is 124 Å². The molecule has 0 saturated carbocycles. The number of nitrogen functional groups attached to an aromatic ring is 1. The summed E-state index contributed by atoms with van der Waals surface area (Å²) in [6, 6.07) is 12.2. The van der Waals surface area contributed by atoms with Crippen LogP contribution < -0.4 is 11.3 Å². The van der Waals surface area contributed by atoms with Gasteiger partial charge in [-0.1, -0.05) is 23.7 Å². The number of hydrazine groups is 1. The van der Waals surface area contributed by atoms with Gasteiger partial charge in [0.15, 0.2) is 0 Å². The molecule has 0 radical (unpaired) electrons. The fourth-order valence-electron chi connectivity index (χ4n) is 2.07. The van der Waals surface area contributed by atoms with Crippen molar-refractivity contribution in [2.75, 3.05) is 12.5 Å². The summed E-state index contributed by atoms with van der Waals surface area (Å²) in [4.78, 5) is 6.37. The first-order chi connectivity index (χ1) is 9.60. The van der Waals surface area contributed by atoms with E-state index in [1.54, 1.807) is 6.20 Å². The third-order valence-electron chi connectivity index (χ3n) is 3.42. The molecule has 0 fully saturated rings. The summed E-state index contributed by atoms with van der Waals surface area (Å²) in [5.74, 6) is 6.05. The first-order valence-corrected chi connectivity index (χ1v) is 6.85. The van der Waals surface area contributed by atoms with Crippen molar-refractivity contribution in [1.82, 2.24) is 9.88 Å². The molecule has 0 aliphatic rings. The molecule has 2 rings (SSSR count). The van der Waals surface area contributed by atoms with Crippen molar-refractivity contribution in [3.8, 4) is 0 Å². The van der Waals surface area contributed by atoms with Gasteiger partial charge in [0.1, 0.15) is 5.82 Å². The normalized spacial score (nSPS) is 12.4. The highest BCUT2D eigenvalue weighted by molar-refractivity contribution is 6.30. The topological polar surface area (TPSA) is 54.2 Å². The van der Waals surface area contributed by atoms with Crippen LogP contribution >= 0.6 is 11.6 Å². The number of nitrogens with zero attached hydrogens (tertiary/aromatic N) is 2. The van der Waals surface area contributed by atoms with Crippen molar-refractivity contribution < 1.29 is 0 Å². The van der Waals surface area contributed by atoms with E-state index in [0.29, 0.717) is 11.9 Å². The lowest BCUT2D eigenvalue weighted by Crippen LogP contribution is -2.22. The Kier molecular flexibility index (Phi) is 4.95. The maximum Gasteiger partial charge on any atom is 0.140 e. The van der Waals surface area contributed by atoms with Gasteiger partial charge in [-0.25, -0.2) is 10.8 Å². The predicted molar refractivity (Wildman–Crippen MR) is 83.4 cm³/mol. The lowest BCUT2D eigenvalue weighted by molar-refractivity contribution is 0.253. The maximum absolute atomic E-state index is 5.92. The van der Waals surface area contributed by atoms with Crippen LogP contribution in [-0.2, 0) is 6.54 Å². The molecule has 1 heterocycles. The van der Waals surface area contributed by atoms with Gasteiger partial charge in [0.2, 0.25) is 0 Å². The molecule has 1 aromatic heterocycles. The minimum Gasteiger partial charge on any atom is -0.308 e. The molecule has 0 amide bonds. The monoisotopic (exact) mass is 290 g/mol. The van der Waals surface area contributed by atoms with E-state index in [9.17, 15) is 0 Å². The quantitative estimate of drug-likeness (QED) is 0.656. The van der Waals surface area contributed by atoms with Crippen molar-refractivity contribution in [2.24, 2.45) is 5.84 Å². The van der Waals surface area contributed by atoms with Crippen molar-refractivity contribution in [3.05, 3.63) is 58.7 Å². The summed E-state index contributed by atoms with van der Waals surface area (Å²) in [7, 11) is 2.09. The molecule has 0 spiro atoms. The van der Waals surface area contributed by atoms with Crippen molar-refractivity contribution in [1.29, 1.82) is 0 Å². The van der Waals surface area contributed by atoms with Crippen LogP contribution in [-0.4, -0.2) is 16.9 Å². The van der Waals surface area contributed by atoms with E-state index in [1.165, 1.54) is 5.56 Å². The van der Waals surface area contributed by atoms with E-state index in [-0.39, 0.29) is 0 Å². The standard InChI is InChI=1S/C15H19ClN4/c1-11(13-3-5-14(16)6-4-13)20(2)10-12-7-8-18-15(9-12)19-17/h3-9,11H,10,17H2,1-2H3,(H,18,19). The van der Waals surface area contributed by atoms with Gasteiger partial charge in [-0.15, -0.1) is 0 Å². The fourth-order valence-corrected chi connectivity index (χ4v) is 2.20. The summed E-state index contributed by atoms with van der Waals surface area (Å²) < 4.78 is 0. The second-order valence-corrected chi connectivity index (χ2v) is 5.27. The molecule has 106 valence electrons. The Morgan fingerprint density at radius 2 is 2.00 bits per heavy atom. The van der Waals surface area contributed by atoms with Crippen molar-refractivity contribution in [2.45, 2.75) is 19.5 Å². The lowest BCUT2D eigenvalue weighted by atomic mass is 10.1. The summed E-state index contributed by atoms with van der Waals surface area (Å²) in [5.41, 5.74) is 4.97. The van der Waals surface area contributed by atoms with Gasteiger partial charge in [-0.2, -0.15) is 0 Å². The first kappa shape index (κ1) is 14.8. The molecule has 1 atom stereocenters. The van der Waals surface area contributed by atoms with Crippen LogP contribution in [0.4, 0.5) is 5.82 Å². The molecular formula is C15H19ClN4. The number of benzene rings is 1. The SMILES string of the molecule is CC(c1ccc(Cl)cc1)N(C)Cc1ccnc(NN)c1. The zero-order chi connectivity index (χ0) is 14.5. The third kappa shape index (κ3) is 3.70. The summed E-state index contributed by atoms with van der Waals surface area (Å²) in [6.45, 7) is 2.99. The second-order valence-electron chi connectivity index (χ2n) is 4.84. The first-order valence-electron chi connectivity index (χ1n) is 6.47. The Bertz CT molecular complexity index is 556. The minimum absolute atomic E-state index is 0.301. The lowest BCUT2D eigenvalue weighted by Gasteiger charge is -2.25. The van der Waals surface area contributed by atoms with Gasteiger partial charge in [0, 0.05) is 23.8 Å². The number of hydrogen-bond acceptors (Lipinski definition) is 4. The highest BCUT2D eigenvalue weighted by Gasteiger charge is 2.12. The Balaban J connectivity index is 2.06. The molecule has 0 aliphatic heterocycles. The van der Waals surface area contributed by atoms with Gasteiger partial charge in [0.25, 0.3) is 0 Å². The average molecular weight is 291 g/mol. The molecular weight excluding hydrogens is 272 g/mol. The summed E-state index contributed by atoms with van der Waals surface area (Å²) >= 11 is 5.92. The van der Waals surface area contributed by atoms with E-state index >= 15 is 0 Å². The van der Waals surface area contributed by atoms with Crippen LogP contribution in [0.2, 0.25) is 5.02 Å². The van der Waals surface area contributed by atoms with Crippen LogP contribution in [0, 0.1) is 0 Å². The molecule has 3 N–H and O–H groups in total. The fraction of sp³-hybridized carbons (Fsp3) is 0.267. The molecule has 5 heteroatoms. The zero-order valence-electron chi connectivity index (χ0n) is 11.7. The smallest absolute Gasteiger partial charge is 0.140 e. The second kappa shape index (κ2) is 6.70. The van der Waals surface area contributed by atoms with Crippen molar-refractivity contribution >= 4 is 17.4 Å². The van der Waals surface area contributed by atoms with E-state index in [0.717, 1.165) is 17.1 Å². The van der Waals surface area contributed by atoms with Crippen LogP contribution in [0.5, 0.6) is 0 Å². The number of nitrogens with two attached hydrogens (primary N) is 1. The number of hydrogen-bond donors (Lipinski definition) is 2. The Morgan fingerprint density at radius 1 is 1.30 bits per heavy atom. The van der Waals surface area contributed by atoms with Gasteiger partial charge < -0.3 is 5.43 Å². The summed E-state index contributed by atoms with van der Waals surface area (Å²) in [6.07, 6.45) is 1.76. The Morgan fingerprint density at radius 3 is 2.65 bits per heavy atom. The van der Waals surface area contributed by atoms with Crippen LogP contribution in [0.1, 0.15) is 24.1 Å². The van der Waals surface area contributed by atoms with Crippen LogP contribution in [0.15, 0.2) is 42.6 Å². The predicted octanol–water partition coefficient (Wildman–Crippen LogP) is 3.21. The average Bonchev–Trinajstić information content (AvgIpc) is 2.47. The highest BCUT2D eigenvalue weighted by atomic mass is 35.5. The number of pyridine rings is 1. The minimum atomic E-state index is 0.301. The molecule has 1 aromatic carbocycles. The van der Waals surface area contributed by atoms with Gasteiger partial charge in [0.05, 0.1) is 0 Å². The molecule has 1 unspecified atom stereocenters. The maximum atomic E-state index is 5.92. The molecule has 0 saturated heterocycles. The number of halogens is 1. The zero-order valence-corrected chi connectivity index (χ0v) is 12.4. The van der Waals surface area contributed by atoms with Gasteiger partial charge in [-0.3, -0.25) is 4.90 Å². The van der Waals surface area contributed by atoms with E-state index < -0.39 is 0 Å². The van der Waals surface area contributed by atoms with E-state index in [2.05, 4.69) is 41.4 Å². The molecule has 0 aliphatic carbocycles. The number of rotatable bonds is 5. The van der Waals surface area contributed by atoms with E-state index in [1.807, 2.05) is 24.3 Å². The largest absolute Gasteiger partial charge is 0.308 e. The summed E-state index contributed by atoms with van der Waals surface area (Å²) in [5, 5.41) is 0.761. The number of anilines is 1. The van der Waals surface area contributed by atoms with Crippen LogP contribution in [0.3, 0.4) is 0 Å². The van der Waals surface area contributed by atoms with E-state index in [4.69, 9.17) is 17.4 Å².